The Hall–Kier alpha value is -3.54. The normalized spacial score (nSPS) is 12.8. The van der Waals surface area contributed by atoms with Gasteiger partial charge in [-0.3, -0.25) is 9.59 Å². The number of rotatable bonds is 1. The first-order valence-corrected chi connectivity index (χ1v) is 7.42. The lowest BCUT2D eigenvalue weighted by Crippen LogP contribution is -2.21. The molecule has 0 bridgehead atoms. The first-order chi connectivity index (χ1) is 12.0. The van der Waals surface area contributed by atoms with Gasteiger partial charge >= 0.3 is 0 Å². The number of carbonyl (C=O) groups is 2. The van der Waals surface area contributed by atoms with Gasteiger partial charge in [0.05, 0.1) is 23.6 Å². The van der Waals surface area contributed by atoms with Gasteiger partial charge in [-0.25, -0.2) is 0 Å². The smallest absolute Gasteiger partial charge is 0.198 e. The van der Waals surface area contributed by atoms with Crippen LogP contribution in [0.1, 0.15) is 31.8 Å². The standard InChI is InChI=1S/C19H12O6/c1-25-12-4-2-3-10-13(12)19(24)15-14(17(10)22)18(23)11-7-8(20)5-6-9(11)16(15)21/h2-7,20,22,24H,1H3. The zero-order chi connectivity index (χ0) is 17.9. The van der Waals surface area contributed by atoms with E-state index < -0.39 is 23.1 Å². The van der Waals surface area contributed by atoms with Gasteiger partial charge in [-0.2, -0.15) is 0 Å². The second-order valence-electron chi connectivity index (χ2n) is 5.72. The van der Waals surface area contributed by atoms with Crippen molar-refractivity contribution in [1.82, 2.24) is 0 Å². The zero-order valence-electron chi connectivity index (χ0n) is 13.0. The molecule has 0 saturated heterocycles. The molecule has 0 fully saturated rings. The number of carbonyl (C=O) groups excluding carboxylic acids is 2. The highest BCUT2D eigenvalue weighted by atomic mass is 16.5. The third kappa shape index (κ3) is 1.85. The number of phenols is 3. The molecule has 6 heteroatoms. The van der Waals surface area contributed by atoms with Crippen molar-refractivity contribution in [2.75, 3.05) is 7.11 Å². The van der Waals surface area contributed by atoms with Crippen molar-refractivity contribution in [2.24, 2.45) is 0 Å². The van der Waals surface area contributed by atoms with Crippen molar-refractivity contribution in [1.29, 1.82) is 0 Å². The average molecular weight is 336 g/mol. The van der Waals surface area contributed by atoms with Crippen LogP contribution in [0.2, 0.25) is 0 Å². The van der Waals surface area contributed by atoms with Gasteiger partial charge in [0, 0.05) is 16.5 Å². The van der Waals surface area contributed by atoms with Crippen LogP contribution in [-0.2, 0) is 0 Å². The summed E-state index contributed by atoms with van der Waals surface area (Å²) in [5.74, 6) is -1.98. The van der Waals surface area contributed by atoms with Crippen molar-refractivity contribution in [3.8, 4) is 23.0 Å². The average Bonchev–Trinajstić information content (AvgIpc) is 2.61. The lowest BCUT2D eigenvalue weighted by atomic mass is 9.81. The Balaban J connectivity index is 2.17. The molecule has 0 amide bonds. The van der Waals surface area contributed by atoms with Gasteiger partial charge in [-0.15, -0.1) is 0 Å². The molecule has 0 atom stereocenters. The van der Waals surface area contributed by atoms with Gasteiger partial charge < -0.3 is 20.1 Å². The van der Waals surface area contributed by atoms with E-state index >= 15 is 0 Å². The van der Waals surface area contributed by atoms with E-state index in [0.717, 1.165) is 0 Å². The minimum Gasteiger partial charge on any atom is -0.508 e. The van der Waals surface area contributed by atoms with Crippen molar-refractivity contribution in [2.45, 2.75) is 0 Å². The van der Waals surface area contributed by atoms with Crippen LogP contribution in [0.5, 0.6) is 23.0 Å². The van der Waals surface area contributed by atoms with E-state index in [2.05, 4.69) is 0 Å². The lowest BCUT2D eigenvalue weighted by molar-refractivity contribution is 0.0974. The van der Waals surface area contributed by atoms with Gasteiger partial charge in [-0.05, 0) is 24.3 Å². The van der Waals surface area contributed by atoms with Crippen LogP contribution < -0.4 is 4.74 Å². The van der Waals surface area contributed by atoms with Crippen LogP contribution in [0.4, 0.5) is 0 Å². The maximum absolute atomic E-state index is 12.8. The fourth-order valence-electron chi connectivity index (χ4n) is 3.27. The van der Waals surface area contributed by atoms with Crippen LogP contribution in [-0.4, -0.2) is 34.0 Å². The summed E-state index contributed by atoms with van der Waals surface area (Å²) in [6, 6.07) is 8.47. The topological polar surface area (TPSA) is 104 Å². The van der Waals surface area contributed by atoms with E-state index in [0.29, 0.717) is 0 Å². The monoisotopic (exact) mass is 336 g/mol. The largest absolute Gasteiger partial charge is 0.508 e. The highest BCUT2D eigenvalue weighted by Gasteiger charge is 2.36. The van der Waals surface area contributed by atoms with Gasteiger partial charge in [0.1, 0.15) is 23.0 Å². The number of hydrogen-bond donors (Lipinski definition) is 3. The maximum atomic E-state index is 12.8. The molecule has 0 unspecified atom stereocenters. The summed E-state index contributed by atoms with van der Waals surface area (Å²) < 4.78 is 5.20. The summed E-state index contributed by atoms with van der Waals surface area (Å²) in [5.41, 5.74) is -0.507. The highest BCUT2D eigenvalue weighted by molar-refractivity contribution is 6.32. The van der Waals surface area contributed by atoms with Crippen molar-refractivity contribution in [3.05, 3.63) is 58.7 Å². The lowest BCUT2D eigenvalue weighted by Gasteiger charge is -2.21. The molecule has 3 aromatic carbocycles. The summed E-state index contributed by atoms with van der Waals surface area (Å²) in [5, 5.41) is 31.3. The number of ether oxygens (including phenoxy) is 1. The van der Waals surface area contributed by atoms with Gasteiger partial charge in [-0.1, -0.05) is 12.1 Å². The second kappa shape index (κ2) is 4.98. The summed E-state index contributed by atoms with van der Waals surface area (Å²) in [7, 11) is 1.40. The molecule has 0 aromatic heterocycles. The van der Waals surface area contributed by atoms with E-state index in [-0.39, 0.29) is 44.5 Å². The molecular weight excluding hydrogens is 324 g/mol. The number of phenolic OH excluding ortho intramolecular Hbond substituents is 3. The first kappa shape index (κ1) is 15.0. The van der Waals surface area contributed by atoms with Crippen LogP contribution in [0.15, 0.2) is 36.4 Å². The highest BCUT2D eigenvalue weighted by Crippen LogP contribution is 2.47. The molecule has 3 N–H and O–H groups in total. The van der Waals surface area contributed by atoms with Crippen LogP contribution in [0.25, 0.3) is 10.8 Å². The summed E-state index contributed by atoms with van der Waals surface area (Å²) in [6.45, 7) is 0. The molecule has 0 spiro atoms. The zero-order valence-corrected chi connectivity index (χ0v) is 13.0. The van der Waals surface area contributed by atoms with Gasteiger partial charge in [0.15, 0.2) is 11.6 Å². The van der Waals surface area contributed by atoms with E-state index in [1.54, 1.807) is 12.1 Å². The number of ketones is 2. The van der Waals surface area contributed by atoms with E-state index in [1.165, 1.54) is 31.4 Å². The van der Waals surface area contributed by atoms with Crippen LogP contribution >= 0.6 is 0 Å². The third-order valence-electron chi connectivity index (χ3n) is 4.41. The Labute approximate surface area is 141 Å². The van der Waals surface area contributed by atoms with Crippen LogP contribution in [0.3, 0.4) is 0 Å². The van der Waals surface area contributed by atoms with Gasteiger partial charge in [0.2, 0.25) is 0 Å². The fraction of sp³-hybridized carbons (Fsp3) is 0.0526. The molecule has 0 aliphatic heterocycles. The van der Waals surface area contributed by atoms with Crippen LogP contribution in [0, 0.1) is 0 Å². The second-order valence-corrected chi connectivity index (χ2v) is 5.72. The number of benzene rings is 3. The molecule has 0 radical (unpaired) electrons. The van der Waals surface area contributed by atoms with Crippen molar-refractivity contribution < 1.29 is 29.6 Å². The predicted octanol–water partition coefficient (Wildman–Crippen LogP) is 2.74. The number of aromatic hydroxyl groups is 3. The molecule has 3 aromatic rings. The number of methoxy groups -OCH3 is 1. The summed E-state index contributed by atoms with van der Waals surface area (Å²) in [6.07, 6.45) is 0. The molecule has 0 heterocycles. The fourth-order valence-corrected chi connectivity index (χ4v) is 3.27. The minimum atomic E-state index is -0.641. The Kier molecular flexibility index (Phi) is 2.99. The van der Waals surface area contributed by atoms with E-state index in [1.807, 2.05) is 0 Å². The molecule has 4 rings (SSSR count). The minimum absolute atomic E-state index is 0.0190. The Morgan fingerprint density at radius 2 is 1.52 bits per heavy atom. The maximum Gasteiger partial charge on any atom is 0.198 e. The molecule has 6 nitrogen and oxygen atoms in total. The molecular formula is C19H12O6. The number of hydrogen-bond acceptors (Lipinski definition) is 6. The summed E-state index contributed by atoms with van der Waals surface area (Å²) in [4.78, 5) is 25.6. The van der Waals surface area contributed by atoms with Crippen molar-refractivity contribution >= 4 is 22.3 Å². The Morgan fingerprint density at radius 3 is 2.24 bits per heavy atom. The number of fused-ring (bicyclic) bond motifs is 3. The molecule has 124 valence electrons. The first-order valence-electron chi connectivity index (χ1n) is 7.42. The van der Waals surface area contributed by atoms with E-state index in [4.69, 9.17) is 4.74 Å². The molecule has 1 aliphatic carbocycles. The summed E-state index contributed by atoms with van der Waals surface area (Å²) >= 11 is 0. The van der Waals surface area contributed by atoms with Gasteiger partial charge in [0.25, 0.3) is 0 Å². The third-order valence-corrected chi connectivity index (χ3v) is 4.41. The van der Waals surface area contributed by atoms with E-state index in [9.17, 15) is 24.9 Å². The Bertz CT molecular complexity index is 1100. The molecule has 0 saturated carbocycles. The molecule has 1 aliphatic rings. The molecule has 25 heavy (non-hydrogen) atoms. The SMILES string of the molecule is COc1cccc2c(O)c3c(c(O)c12)C(=O)c1ccc(O)cc1C3=O. The Morgan fingerprint density at radius 1 is 0.840 bits per heavy atom. The predicted molar refractivity (Wildman–Crippen MR) is 88.8 cm³/mol. The quantitative estimate of drug-likeness (QED) is 0.462. The van der Waals surface area contributed by atoms with Crippen molar-refractivity contribution in [3.63, 3.8) is 0 Å².